The summed E-state index contributed by atoms with van der Waals surface area (Å²) in [6.45, 7) is 5.64. The number of carbonyl (C=O) groups excluding carboxylic acids is 3. The van der Waals surface area contributed by atoms with Crippen LogP contribution in [0, 0.1) is 5.92 Å². The predicted molar refractivity (Wildman–Crippen MR) is 126 cm³/mol. The maximum absolute atomic E-state index is 13.5. The Morgan fingerprint density at radius 2 is 1.76 bits per heavy atom. The molecule has 2 amide bonds. The molecule has 3 atom stereocenters. The predicted octanol–water partition coefficient (Wildman–Crippen LogP) is 3.81. The van der Waals surface area contributed by atoms with E-state index in [4.69, 9.17) is 4.74 Å². The van der Waals surface area contributed by atoms with Gasteiger partial charge in [0.15, 0.2) is 0 Å². The van der Waals surface area contributed by atoms with Crippen LogP contribution in [0.5, 0.6) is 0 Å². The molecule has 7 heteroatoms. The monoisotopic (exact) mass is 447 g/mol. The SMILES string of the molecule is COC(=O)[C@H](CC(C)C)NC(=O)[C@H](C)N1C(=O)c2ccccc2[C@H]1c1c[nH]c2ccccc12. The van der Waals surface area contributed by atoms with Gasteiger partial charge in [0, 0.05) is 28.2 Å². The standard InChI is InChI=1S/C26H29N3O4/c1-15(2)13-22(26(32)33-4)28-24(30)16(3)29-23(18-10-5-6-11-19(18)25(29)31)20-14-27-21-12-8-7-9-17(20)21/h5-12,14-16,22-23,27H,13H2,1-4H3,(H,28,30)/t16-,22-,23-/m0/s1. The van der Waals surface area contributed by atoms with Crippen LogP contribution >= 0.6 is 0 Å². The van der Waals surface area contributed by atoms with Crippen LogP contribution in [0.1, 0.15) is 54.7 Å². The molecule has 1 aromatic heterocycles. The average molecular weight is 448 g/mol. The van der Waals surface area contributed by atoms with Gasteiger partial charge < -0.3 is 19.9 Å². The van der Waals surface area contributed by atoms with E-state index < -0.39 is 30.0 Å². The summed E-state index contributed by atoms with van der Waals surface area (Å²) in [6, 6.07) is 13.3. The van der Waals surface area contributed by atoms with E-state index >= 15 is 0 Å². The van der Waals surface area contributed by atoms with Gasteiger partial charge in [-0.2, -0.15) is 0 Å². The van der Waals surface area contributed by atoms with Gasteiger partial charge >= 0.3 is 5.97 Å². The summed E-state index contributed by atoms with van der Waals surface area (Å²) in [7, 11) is 1.30. The number of H-pyrrole nitrogens is 1. The van der Waals surface area contributed by atoms with E-state index in [1.807, 2.05) is 62.5 Å². The first-order valence-electron chi connectivity index (χ1n) is 11.2. The maximum atomic E-state index is 13.5. The second kappa shape index (κ2) is 9.10. The molecule has 0 bridgehead atoms. The van der Waals surface area contributed by atoms with Crippen molar-refractivity contribution in [3.05, 3.63) is 71.4 Å². The highest BCUT2D eigenvalue weighted by Crippen LogP contribution is 2.42. The number of fused-ring (bicyclic) bond motifs is 2. The number of hydrogen-bond acceptors (Lipinski definition) is 4. The van der Waals surface area contributed by atoms with Crippen LogP contribution in [0.25, 0.3) is 10.9 Å². The van der Waals surface area contributed by atoms with E-state index in [2.05, 4.69) is 10.3 Å². The molecule has 0 radical (unpaired) electrons. The highest BCUT2D eigenvalue weighted by Gasteiger charge is 2.43. The number of carbonyl (C=O) groups is 3. The number of hydrogen-bond donors (Lipinski definition) is 2. The third kappa shape index (κ3) is 4.11. The van der Waals surface area contributed by atoms with E-state index in [0.717, 1.165) is 22.0 Å². The van der Waals surface area contributed by atoms with Crippen LogP contribution in [0.15, 0.2) is 54.7 Å². The number of aromatic amines is 1. The second-order valence-electron chi connectivity index (χ2n) is 8.88. The molecule has 1 aliphatic heterocycles. The summed E-state index contributed by atoms with van der Waals surface area (Å²) < 4.78 is 4.88. The van der Waals surface area contributed by atoms with Gasteiger partial charge in [0.25, 0.3) is 5.91 Å². The van der Waals surface area contributed by atoms with Gasteiger partial charge in [0.05, 0.1) is 13.2 Å². The summed E-state index contributed by atoms with van der Waals surface area (Å²) >= 11 is 0. The number of nitrogens with zero attached hydrogens (tertiary/aromatic N) is 1. The molecule has 172 valence electrons. The Balaban J connectivity index is 1.71. The van der Waals surface area contributed by atoms with Crippen LogP contribution in [-0.4, -0.2) is 46.9 Å². The fourth-order valence-corrected chi connectivity index (χ4v) is 4.62. The van der Waals surface area contributed by atoms with E-state index in [1.54, 1.807) is 17.9 Å². The van der Waals surface area contributed by atoms with Crippen molar-refractivity contribution in [2.75, 3.05) is 7.11 Å². The van der Waals surface area contributed by atoms with Gasteiger partial charge in [0.2, 0.25) is 5.91 Å². The molecule has 2 aromatic carbocycles. The summed E-state index contributed by atoms with van der Waals surface area (Å²) in [5, 5.41) is 3.81. The largest absolute Gasteiger partial charge is 0.467 e. The lowest BCUT2D eigenvalue weighted by Gasteiger charge is -2.31. The highest BCUT2D eigenvalue weighted by atomic mass is 16.5. The number of benzene rings is 2. The van der Waals surface area contributed by atoms with Gasteiger partial charge in [-0.25, -0.2) is 4.79 Å². The van der Waals surface area contributed by atoms with Gasteiger partial charge in [-0.15, -0.1) is 0 Å². The van der Waals surface area contributed by atoms with Crippen molar-refractivity contribution in [3.63, 3.8) is 0 Å². The first kappa shape index (κ1) is 22.6. The molecule has 0 unspecified atom stereocenters. The lowest BCUT2D eigenvalue weighted by Crippen LogP contribution is -2.52. The molecule has 33 heavy (non-hydrogen) atoms. The Bertz CT molecular complexity index is 1200. The minimum absolute atomic E-state index is 0.182. The summed E-state index contributed by atoms with van der Waals surface area (Å²) in [4.78, 5) is 43.9. The molecule has 0 fully saturated rings. The molecule has 1 aliphatic rings. The number of methoxy groups -OCH3 is 1. The molecule has 0 spiro atoms. The average Bonchev–Trinajstić information content (AvgIpc) is 3.36. The topological polar surface area (TPSA) is 91.5 Å². The number of ether oxygens (including phenoxy) is 1. The van der Waals surface area contributed by atoms with Crippen molar-refractivity contribution in [1.82, 2.24) is 15.2 Å². The van der Waals surface area contributed by atoms with Gasteiger partial charge in [-0.3, -0.25) is 9.59 Å². The van der Waals surface area contributed by atoms with Crippen molar-refractivity contribution in [2.45, 2.75) is 45.3 Å². The Morgan fingerprint density at radius 1 is 1.06 bits per heavy atom. The van der Waals surface area contributed by atoms with Gasteiger partial charge in [-0.05, 0) is 37.0 Å². The van der Waals surface area contributed by atoms with Crippen LogP contribution in [0.4, 0.5) is 0 Å². The Kier molecular flexibility index (Phi) is 6.22. The number of nitrogens with one attached hydrogen (secondary N) is 2. The normalized spacial score (nSPS) is 17.2. The van der Waals surface area contributed by atoms with Gasteiger partial charge in [-0.1, -0.05) is 50.2 Å². The third-order valence-corrected chi connectivity index (χ3v) is 6.22. The molecule has 0 saturated heterocycles. The Hall–Kier alpha value is -3.61. The number of rotatable bonds is 7. The third-order valence-electron chi connectivity index (χ3n) is 6.22. The fraction of sp³-hybridized carbons (Fsp3) is 0.346. The smallest absolute Gasteiger partial charge is 0.328 e. The van der Waals surface area contributed by atoms with E-state index in [1.165, 1.54) is 7.11 Å². The maximum Gasteiger partial charge on any atom is 0.328 e. The molecule has 2 N–H and O–H groups in total. The first-order valence-corrected chi connectivity index (χ1v) is 11.2. The highest BCUT2D eigenvalue weighted by molar-refractivity contribution is 6.03. The number of para-hydroxylation sites is 1. The van der Waals surface area contributed by atoms with Crippen LogP contribution in [-0.2, 0) is 14.3 Å². The second-order valence-corrected chi connectivity index (χ2v) is 8.88. The molecule has 4 rings (SSSR count). The molecule has 0 saturated carbocycles. The fourth-order valence-electron chi connectivity index (χ4n) is 4.62. The minimum atomic E-state index is -0.803. The van der Waals surface area contributed by atoms with Crippen molar-refractivity contribution in [3.8, 4) is 0 Å². The Morgan fingerprint density at radius 3 is 2.48 bits per heavy atom. The van der Waals surface area contributed by atoms with Gasteiger partial charge in [0.1, 0.15) is 12.1 Å². The van der Waals surface area contributed by atoms with E-state index in [9.17, 15) is 14.4 Å². The van der Waals surface area contributed by atoms with Crippen LogP contribution in [0.2, 0.25) is 0 Å². The van der Waals surface area contributed by atoms with E-state index in [-0.39, 0.29) is 11.8 Å². The number of esters is 1. The first-order chi connectivity index (χ1) is 15.8. The molecular formula is C26H29N3O4. The lowest BCUT2D eigenvalue weighted by molar-refractivity contribution is -0.146. The quantitative estimate of drug-likeness (QED) is 0.539. The summed E-state index contributed by atoms with van der Waals surface area (Å²) in [5.41, 5.74) is 3.33. The number of aromatic nitrogens is 1. The Labute approximate surface area is 193 Å². The zero-order chi connectivity index (χ0) is 23.7. The van der Waals surface area contributed by atoms with Crippen molar-refractivity contribution in [1.29, 1.82) is 0 Å². The van der Waals surface area contributed by atoms with Crippen molar-refractivity contribution < 1.29 is 19.1 Å². The zero-order valence-corrected chi connectivity index (χ0v) is 19.3. The molecule has 0 aliphatic carbocycles. The van der Waals surface area contributed by atoms with Crippen LogP contribution in [0.3, 0.4) is 0 Å². The molecule has 7 nitrogen and oxygen atoms in total. The summed E-state index contributed by atoms with van der Waals surface area (Å²) in [5.74, 6) is -0.908. The van der Waals surface area contributed by atoms with Crippen LogP contribution < -0.4 is 5.32 Å². The molecule has 2 heterocycles. The zero-order valence-electron chi connectivity index (χ0n) is 19.3. The lowest BCUT2D eigenvalue weighted by atomic mass is 9.97. The molecular weight excluding hydrogens is 418 g/mol. The van der Waals surface area contributed by atoms with E-state index in [0.29, 0.717) is 12.0 Å². The minimum Gasteiger partial charge on any atom is -0.467 e. The molecule has 3 aromatic rings. The van der Waals surface area contributed by atoms with Crippen molar-refractivity contribution >= 4 is 28.7 Å². The summed E-state index contributed by atoms with van der Waals surface area (Å²) in [6.07, 6.45) is 2.35. The van der Waals surface area contributed by atoms with Crippen molar-refractivity contribution in [2.24, 2.45) is 5.92 Å². The number of amides is 2.